The van der Waals surface area contributed by atoms with Crippen molar-refractivity contribution in [3.63, 3.8) is 0 Å². The van der Waals surface area contributed by atoms with E-state index in [1.807, 2.05) is 0 Å². The largest absolute Gasteiger partial charge is 0.451 e. The summed E-state index contributed by atoms with van der Waals surface area (Å²) in [5, 5.41) is 5.57. The average molecular weight is 392 g/mol. The van der Waals surface area contributed by atoms with Gasteiger partial charge in [0.15, 0.2) is 6.61 Å². The quantitative estimate of drug-likeness (QED) is 0.779. The third-order valence-electron chi connectivity index (χ3n) is 4.69. The number of halogens is 1. The van der Waals surface area contributed by atoms with E-state index in [0.717, 1.165) is 41.7 Å². The van der Waals surface area contributed by atoms with E-state index >= 15 is 0 Å². The molecular formula is C19H21FN2O4S. The highest BCUT2D eigenvalue weighted by Gasteiger charge is 2.23. The number of thiophene rings is 1. The Kier molecular flexibility index (Phi) is 6.05. The number of hydrogen-bond donors (Lipinski definition) is 2. The third-order valence-corrected chi connectivity index (χ3v) is 5.79. The van der Waals surface area contributed by atoms with E-state index in [4.69, 9.17) is 4.74 Å². The van der Waals surface area contributed by atoms with Gasteiger partial charge in [0.1, 0.15) is 10.7 Å². The van der Waals surface area contributed by atoms with Crippen LogP contribution in [0, 0.1) is 11.7 Å². The molecule has 3 rings (SSSR count). The number of hydrogen-bond acceptors (Lipinski definition) is 5. The number of fused-ring (bicyclic) bond motifs is 1. The second kappa shape index (κ2) is 8.47. The Balaban J connectivity index is 1.47. The van der Waals surface area contributed by atoms with E-state index in [9.17, 15) is 18.8 Å². The Bertz CT molecular complexity index is 867. The van der Waals surface area contributed by atoms with E-state index in [1.54, 1.807) is 6.07 Å². The molecule has 1 saturated carbocycles. The van der Waals surface area contributed by atoms with Crippen LogP contribution in [0.1, 0.15) is 42.3 Å². The number of carbonyl (C=O) groups is 3. The summed E-state index contributed by atoms with van der Waals surface area (Å²) < 4.78 is 18.9. The van der Waals surface area contributed by atoms with Gasteiger partial charge in [-0.1, -0.05) is 19.8 Å². The van der Waals surface area contributed by atoms with Crippen molar-refractivity contribution in [1.29, 1.82) is 0 Å². The molecule has 1 fully saturated rings. The summed E-state index contributed by atoms with van der Waals surface area (Å²) in [6, 6.07) is 5.20. The van der Waals surface area contributed by atoms with Crippen LogP contribution in [0.5, 0.6) is 0 Å². The smallest absolute Gasteiger partial charge is 0.348 e. The summed E-state index contributed by atoms with van der Waals surface area (Å²) >= 11 is 1.15. The van der Waals surface area contributed by atoms with Crippen LogP contribution < -0.4 is 10.6 Å². The number of carbonyl (C=O) groups excluding carboxylic acids is 3. The Hall–Kier alpha value is -2.48. The molecule has 27 heavy (non-hydrogen) atoms. The van der Waals surface area contributed by atoms with Crippen LogP contribution in [0.3, 0.4) is 0 Å². The molecular weight excluding hydrogens is 371 g/mol. The Morgan fingerprint density at radius 2 is 2.00 bits per heavy atom. The molecule has 2 aromatic rings. The minimum Gasteiger partial charge on any atom is -0.451 e. The lowest BCUT2D eigenvalue weighted by Gasteiger charge is -2.29. The van der Waals surface area contributed by atoms with Gasteiger partial charge < -0.3 is 10.1 Å². The standard InChI is InChI=1S/C19H21FN2O4S/c1-11-4-2-3-5-14(11)21-19(25)22-17(23)10-26-18(24)16-9-12-8-13(20)6-7-15(12)27-16/h6-9,11,14H,2-5,10H2,1H3,(H2,21,22,23,25)/t11-,14+/m0/s1. The van der Waals surface area contributed by atoms with Crippen LogP contribution in [-0.2, 0) is 9.53 Å². The molecule has 6 nitrogen and oxygen atoms in total. The predicted molar refractivity (Wildman–Crippen MR) is 100 cm³/mol. The highest BCUT2D eigenvalue weighted by atomic mass is 32.1. The molecule has 0 spiro atoms. The number of imide groups is 1. The van der Waals surface area contributed by atoms with Gasteiger partial charge in [0, 0.05) is 10.7 Å². The van der Waals surface area contributed by atoms with Crippen molar-refractivity contribution in [2.24, 2.45) is 5.92 Å². The van der Waals surface area contributed by atoms with Gasteiger partial charge in [-0.15, -0.1) is 11.3 Å². The fourth-order valence-electron chi connectivity index (χ4n) is 3.21. The van der Waals surface area contributed by atoms with Gasteiger partial charge >= 0.3 is 12.0 Å². The van der Waals surface area contributed by atoms with E-state index < -0.39 is 30.3 Å². The lowest BCUT2D eigenvalue weighted by Crippen LogP contribution is -2.48. The van der Waals surface area contributed by atoms with Gasteiger partial charge in [0.2, 0.25) is 0 Å². The number of nitrogens with one attached hydrogen (secondary N) is 2. The summed E-state index contributed by atoms with van der Waals surface area (Å²) in [7, 11) is 0. The van der Waals surface area contributed by atoms with E-state index in [-0.39, 0.29) is 10.9 Å². The molecule has 1 aliphatic carbocycles. The Morgan fingerprint density at radius 3 is 2.78 bits per heavy atom. The SMILES string of the molecule is C[C@H]1CCCC[C@H]1NC(=O)NC(=O)COC(=O)c1cc2cc(F)ccc2s1. The molecule has 2 N–H and O–H groups in total. The van der Waals surface area contributed by atoms with Crippen molar-refractivity contribution in [2.75, 3.05) is 6.61 Å². The molecule has 2 atom stereocenters. The maximum atomic E-state index is 13.2. The molecule has 0 unspecified atom stereocenters. The number of amides is 3. The molecule has 0 aliphatic heterocycles. The molecule has 0 radical (unpaired) electrons. The van der Waals surface area contributed by atoms with Crippen molar-refractivity contribution < 1.29 is 23.5 Å². The van der Waals surface area contributed by atoms with Crippen LogP contribution in [0.4, 0.5) is 9.18 Å². The number of rotatable bonds is 4. The first-order chi connectivity index (χ1) is 12.9. The second-order valence-electron chi connectivity index (χ2n) is 6.76. The van der Waals surface area contributed by atoms with Crippen LogP contribution in [0.25, 0.3) is 10.1 Å². The molecule has 144 valence electrons. The molecule has 1 aromatic heterocycles. The van der Waals surface area contributed by atoms with Crippen LogP contribution in [-0.4, -0.2) is 30.6 Å². The van der Waals surface area contributed by atoms with E-state index in [2.05, 4.69) is 17.6 Å². The lowest BCUT2D eigenvalue weighted by molar-refractivity contribution is -0.123. The fourth-order valence-corrected chi connectivity index (χ4v) is 4.15. The summed E-state index contributed by atoms with van der Waals surface area (Å²) in [4.78, 5) is 36.1. The van der Waals surface area contributed by atoms with Gasteiger partial charge in [-0.05, 0) is 48.4 Å². The average Bonchev–Trinajstić information content (AvgIpc) is 3.04. The summed E-state index contributed by atoms with van der Waals surface area (Å²) in [5.74, 6) is -1.40. The fraction of sp³-hybridized carbons (Fsp3) is 0.421. The number of benzene rings is 1. The number of esters is 1. The first kappa shape index (κ1) is 19.3. The first-order valence-electron chi connectivity index (χ1n) is 8.89. The van der Waals surface area contributed by atoms with Crippen molar-refractivity contribution in [3.05, 3.63) is 35.0 Å². The number of urea groups is 1. The second-order valence-corrected chi connectivity index (χ2v) is 7.84. The first-order valence-corrected chi connectivity index (χ1v) is 9.70. The zero-order valence-corrected chi connectivity index (χ0v) is 15.7. The molecule has 0 saturated heterocycles. The van der Waals surface area contributed by atoms with Crippen molar-refractivity contribution in [3.8, 4) is 0 Å². The summed E-state index contributed by atoms with van der Waals surface area (Å²) in [5.41, 5.74) is 0. The maximum Gasteiger partial charge on any atom is 0.348 e. The van der Waals surface area contributed by atoms with Crippen molar-refractivity contribution >= 4 is 39.3 Å². The van der Waals surface area contributed by atoms with E-state index in [1.165, 1.54) is 18.2 Å². The minimum absolute atomic E-state index is 0.0491. The van der Waals surface area contributed by atoms with Gasteiger partial charge in [0.25, 0.3) is 5.91 Å². The van der Waals surface area contributed by atoms with Gasteiger partial charge in [0.05, 0.1) is 0 Å². The zero-order chi connectivity index (χ0) is 19.4. The highest BCUT2D eigenvalue weighted by Crippen LogP contribution is 2.27. The minimum atomic E-state index is -0.698. The van der Waals surface area contributed by atoms with Crippen LogP contribution in [0.2, 0.25) is 0 Å². The summed E-state index contributed by atoms with van der Waals surface area (Å²) in [6.07, 6.45) is 4.15. The molecule has 8 heteroatoms. The normalized spacial score (nSPS) is 19.5. The van der Waals surface area contributed by atoms with Crippen LogP contribution in [0.15, 0.2) is 24.3 Å². The van der Waals surface area contributed by atoms with Gasteiger partial charge in [-0.25, -0.2) is 14.0 Å². The third kappa shape index (κ3) is 5.03. The van der Waals surface area contributed by atoms with Crippen LogP contribution >= 0.6 is 11.3 Å². The molecule has 3 amide bonds. The maximum absolute atomic E-state index is 13.2. The molecule has 0 bridgehead atoms. The topological polar surface area (TPSA) is 84.5 Å². The molecule has 1 aromatic carbocycles. The Morgan fingerprint density at radius 1 is 1.22 bits per heavy atom. The van der Waals surface area contributed by atoms with E-state index in [0.29, 0.717) is 11.3 Å². The van der Waals surface area contributed by atoms with Gasteiger partial charge in [-0.2, -0.15) is 0 Å². The summed E-state index contributed by atoms with van der Waals surface area (Å²) in [6.45, 7) is 1.51. The zero-order valence-electron chi connectivity index (χ0n) is 14.9. The lowest BCUT2D eigenvalue weighted by atomic mass is 9.86. The monoisotopic (exact) mass is 392 g/mol. The van der Waals surface area contributed by atoms with Gasteiger partial charge in [-0.3, -0.25) is 10.1 Å². The molecule has 1 aliphatic rings. The molecule has 1 heterocycles. The Labute approximate surface area is 160 Å². The number of ether oxygens (including phenoxy) is 1. The highest BCUT2D eigenvalue weighted by molar-refractivity contribution is 7.20. The van der Waals surface area contributed by atoms with Crippen molar-refractivity contribution in [1.82, 2.24) is 10.6 Å². The van der Waals surface area contributed by atoms with Crippen molar-refractivity contribution in [2.45, 2.75) is 38.6 Å². The predicted octanol–water partition coefficient (Wildman–Crippen LogP) is 3.60.